The van der Waals surface area contributed by atoms with Crippen LogP contribution >= 0.6 is 12.4 Å². The fourth-order valence-corrected chi connectivity index (χ4v) is 2.70. The predicted octanol–water partition coefficient (Wildman–Crippen LogP) is 2.91. The van der Waals surface area contributed by atoms with Crippen molar-refractivity contribution >= 4 is 12.4 Å². The second-order valence-corrected chi connectivity index (χ2v) is 5.29. The average Bonchev–Trinajstić information content (AvgIpc) is 2.33. The number of likely N-dealkylation sites (N-methyl/N-ethyl adjacent to an activating group) is 1. The second-order valence-electron chi connectivity index (χ2n) is 5.29. The van der Waals surface area contributed by atoms with Crippen molar-refractivity contribution in [3.8, 4) is 0 Å². The number of aryl methyl sites for hydroxylation is 2. The van der Waals surface area contributed by atoms with Crippen LogP contribution in [0.2, 0.25) is 0 Å². The van der Waals surface area contributed by atoms with Crippen molar-refractivity contribution in [2.45, 2.75) is 39.3 Å². The lowest BCUT2D eigenvalue weighted by atomic mass is 10.0. The maximum atomic E-state index is 3.40. The molecule has 2 nitrogen and oxygen atoms in total. The minimum absolute atomic E-state index is 0. The van der Waals surface area contributed by atoms with Crippen LogP contribution in [0.25, 0.3) is 0 Å². The van der Waals surface area contributed by atoms with E-state index in [4.69, 9.17) is 0 Å². The summed E-state index contributed by atoms with van der Waals surface area (Å²) in [5.41, 5.74) is 4.27. The van der Waals surface area contributed by atoms with Gasteiger partial charge in [0.1, 0.15) is 0 Å². The van der Waals surface area contributed by atoms with Gasteiger partial charge >= 0.3 is 0 Å². The lowest BCUT2D eigenvalue weighted by Crippen LogP contribution is -2.43. The standard InChI is InChI=1S/C15H24N2.ClH/c1-12-6-7-14(13(2)9-12)10-17-8-4-5-15(11-17)16-3;/h6-7,9,15-16H,4-5,8,10-11H2,1-3H3;1H. The summed E-state index contributed by atoms with van der Waals surface area (Å²) in [4.78, 5) is 2.57. The molecule has 0 aliphatic carbocycles. The van der Waals surface area contributed by atoms with E-state index in [-0.39, 0.29) is 12.4 Å². The molecule has 0 bridgehead atoms. The molecule has 1 atom stereocenters. The zero-order valence-corrected chi connectivity index (χ0v) is 12.5. The Hall–Kier alpha value is -0.570. The topological polar surface area (TPSA) is 15.3 Å². The highest BCUT2D eigenvalue weighted by atomic mass is 35.5. The van der Waals surface area contributed by atoms with Crippen LogP contribution < -0.4 is 5.32 Å². The van der Waals surface area contributed by atoms with Gasteiger partial charge in [0.2, 0.25) is 0 Å². The summed E-state index contributed by atoms with van der Waals surface area (Å²) in [6.45, 7) is 7.91. The first kappa shape index (κ1) is 15.5. The Balaban J connectivity index is 0.00000162. The van der Waals surface area contributed by atoms with Crippen molar-refractivity contribution in [1.82, 2.24) is 10.2 Å². The molecule has 1 aliphatic rings. The van der Waals surface area contributed by atoms with E-state index >= 15 is 0 Å². The summed E-state index contributed by atoms with van der Waals surface area (Å²) in [6, 6.07) is 7.47. The molecule has 1 saturated heterocycles. The smallest absolute Gasteiger partial charge is 0.0237 e. The summed E-state index contributed by atoms with van der Waals surface area (Å²) in [6.07, 6.45) is 2.64. The molecule has 1 unspecified atom stereocenters. The third-order valence-corrected chi connectivity index (χ3v) is 3.81. The van der Waals surface area contributed by atoms with Crippen molar-refractivity contribution in [2.24, 2.45) is 0 Å². The van der Waals surface area contributed by atoms with Gasteiger partial charge in [-0.25, -0.2) is 0 Å². The molecule has 1 heterocycles. The number of hydrogen-bond acceptors (Lipinski definition) is 2. The van der Waals surface area contributed by atoms with Crippen molar-refractivity contribution in [2.75, 3.05) is 20.1 Å². The number of benzene rings is 1. The molecule has 1 aromatic carbocycles. The number of nitrogens with one attached hydrogen (secondary N) is 1. The molecule has 1 aromatic rings. The Labute approximate surface area is 117 Å². The van der Waals surface area contributed by atoms with Crippen molar-refractivity contribution in [3.63, 3.8) is 0 Å². The number of halogens is 1. The van der Waals surface area contributed by atoms with Gasteiger partial charge in [-0.05, 0) is 51.4 Å². The Kier molecular flexibility index (Phi) is 6.13. The van der Waals surface area contributed by atoms with Crippen LogP contribution in [0.4, 0.5) is 0 Å². The Morgan fingerprint density at radius 1 is 1.33 bits per heavy atom. The van der Waals surface area contributed by atoms with E-state index in [1.54, 1.807) is 0 Å². The first-order valence-electron chi connectivity index (χ1n) is 6.65. The van der Waals surface area contributed by atoms with E-state index in [2.05, 4.69) is 49.3 Å². The number of rotatable bonds is 3. The number of likely N-dealkylation sites (tertiary alicyclic amines) is 1. The van der Waals surface area contributed by atoms with E-state index in [1.807, 2.05) is 0 Å². The van der Waals surface area contributed by atoms with Gasteiger partial charge in [-0.2, -0.15) is 0 Å². The molecule has 1 fully saturated rings. The fourth-order valence-electron chi connectivity index (χ4n) is 2.70. The molecule has 3 heteroatoms. The number of piperidine rings is 1. The minimum atomic E-state index is 0. The highest BCUT2D eigenvalue weighted by Gasteiger charge is 2.18. The molecule has 1 N–H and O–H groups in total. The van der Waals surface area contributed by atoms with E-state index in [1.165, 1.54) is 42.6 Å². The largest absolute Gasteiger partial charge is 0.316 e. The van der Waals surface area contributed by atoms with Crippen LogP contribution in [0, 0.1) is 13.8 Å². The maximum absolute atomic E-state index is 3.40. The monoisotopic (exact) mass is 268 g/mol. The summed E-state index contributed by atoms with van der Waals surface area (Å²) >= 11 is 0. The highest BCUT2D eigenvalue weighted by molar-refractivity contribution is 5.85. The number of nitrogens with zero attached hydrogens (tertiary/aromatic N) is 1. The average molecular weight is 269 g/mol. The third kappa shape index (κ3) is 3.98. The van der Waals surface area contributed by atoms with Crippen molar-refractivity contribution < 1.29 is 0 Å². The van der Waals surface area contributed by atoms with E-state index < -0.39 is 0 Å². The normalized spacial score (nSPS) is 20.5. The van der Waals surface area contributed by atoms with Crippen LogP contribution in [0.3, 0.4) is 0 Å². The Bertz CT molecular complexity index is 379. The lowest BCUT2D eigenvalue weighted by molar-refractivity contribution is 0.187. The third-order valence-electron chi connectivity index (χ3n) is 3.81. The van der Waals surface area contributed by atoms with E-state index in [0.29, 0.717) is 6.04 Å². The zero-order chi connectivity index (χ0) is 12.3. The summed E-state index contributed by atoms with van der Waals surface area (Å²) in [5, 5.41) is 3.40. The summed E-state index contributed by atoms with van der Waals surface area (Å²) in [5.74, 6) is 0. The van der Waals surface area contributed by atoms with Gasteiger partial charge in [0, 0.05) is 19.1 Å². The van der Waals surface area contributed by atoms with E-state index in [9.17, 15) is 0 Å². The minimum Gasteiger partial charge on any atom is -0.316 e. The molecule has 0 amide bonds. The SMILES string of the molecule is CNC1CCCN(Cc2ccc(C)cc2C)C1.Cl. The molecular weight excluding hydrogens is 244 g/mol. The van der Waals surface area contributed by atoms with Crippen molar-refractivity contribution in [1.29, 1.82) is 0 Å². The Morgan fingerprint density at radius 2 is 2.11 bits per heavy atom. The van der Waals surface area contributed by atoms with Crippen LogP contribution in [-0.4, -0.2) is 31.1 Å². The summed E-state index contributed by atoms with van der Waals surface area (Å²) < 4.78 is 0. The van der Waals surface area contributed by atoms with Crippen LogP contribution in [-0.2, 0) is 6.54 Å². The van der Waals surface area contributed by atoms with Gasteiger partial charge in [0.05, 0.1) is 0 Å². The molecular formula is C15H25ClN2. The molecule has 0 spiro atoms. The fraction of sp³-hybridized carbons (Fsp3) is 0.600. The second kappa shape index (κ2) is 7.13. The quantitative estimate of drug-likeness (QED) is 0.907. The zero-order valence-electron chi connectivity index (χ0n) is 11.7. The molecule has 0 radical (unpaired) electrons. The van der Waals surface area contributed by atoms with Gasteiger partial charge in [-0.3, -0.25) is 4.90 Å². The van der Waals surface area contributed by atoms with E-state index in [0.717, 1.165) is 6.54 Å². The maximum Gasteiger partial charge on any atom is 0.0237 e. The van der Waals surface area contributed by atoms with Gasteiger partial charge < -0.3 is 5.32 Å². The first-order chi connectivity index (χ1) is 8.19. The van der Waals surface area contributed by atoms with Gasteiger partial charge in [-0.1, -0.05) is 23.8 Å². The lowest BCUT2D eigenvalue weighted by Gasteiger charge is -2.32. The van der Waals surface area contributed by atoms with Crippen molar-refractivity contribution in [3.05, 3.63) is 34.9 Å². The molecule has 0 saturated carbocycles. The van der Waals surface area contributed by atoms with Crippen LogP contribution in [0.15, 0.2) is 18.2 Å². The van der Waals surface area contributed by atoms with Gasteiger partial charge in [0.25, 0.3) is 0 Å². The molecule has 102 valence electrons. The van der Waals surface area contributed by atoms with Gasteiger partial charge in [-0.15, -0.1) is 12.4 Å². The first-order valence-corrected chi connectivity index (χ1v) is 6.65. The molecule has 2 rings (SSSR count). The summed E-state index contributed by atoms with van der Waals surface area (Å²) in [7, 11) is 2.07. The highest BCUT2D eigenvalue weighted by Crippen LogP contribution is 2.17. The molecule has 0 aromatic heterocycles. The van der Waals surface area contributed by atoms with Crippen LogP contribution in [0.5, 0.6) is 0 Å². The number of hydrogen-bond donors (Lipinski definition) is 1. The Morgan fingerprint density at radius 3 is 2.78 bits per heavy atom. The predicted molar refractivity (Wildman–Crippen MR) is 80.5 cm³/mol. The van der Waals surface area contributed by atoms with Gasteiger partial charge in [0.15, 0.2) is 0 Å². The molecule has 1 aliphatic heterocycles. The molecule has 18 heavy (non-hydrogen) atoms. The van der Waals surface area contributed by atoms with Crippen LogP contribution in [0.1, 0.15) is 29.5 Å².